The van der Waals surface area contributed by atoms with Crippen molar-refractivity contribution in [3.8, 4) is 0 Å². The van der Waals surface area contributed by atoms with Crippen LogP contribution in [0.2, 0.25) is 0 Å². The number of nitrogen functional groups attached to an aromatic ring is 2. The van der Waals surface area contributed by atoms with Gasteiger partial charge in [0.15, 0.2) is 0 Å². The first-order valence-corrected chi connectivity index (χ1v) is 14.1. The van der Waals surface area contributed by atoms with Crippen molar-refractivity contribution in [2.75, 3.05) is 11.5 Å². The molecule has 7 aromatic rings. The topological polar surface area (TPSA) is 192 Å². The summed E-state index contributed by atoms with van der Waals surface area (Å²) in [4.78, 5) is 33.3. The number of fused-ring (bicyclic) bond motifs is 2. The number of nitrogens with two attached hydrogens (primary N) is 2. The van der Waals surface area contributed by atoms with E-state index < -0.39 is 11.9 Å². The summed E-state index contributed by atoms with van der Waals surface area (Å²) in [6.45, 7) is 0. The van der Waals surface area contributed by atoms with E-state index in [0.29, 0.717) is 71.6 Å². The lowest BCUT2D eigenvalue weighted by atomic mass is 9.84. The Morgan fingerprint density at radius 1 is 0.413 bits per heavy atom. The van der Waals surface area contributed by atoms with Gasteiger partial charge in [0, 0.05) is 33.3 Å². The molecule has 10 heteroatoms. The van der Waals surface area contributed by atoms with E-state index in [4.69, 9.17) is 11.5 Å². The van der Waals surface area contributed by atoms with Crippen LogP contribution in [0.25, 0.3) is 43.1 Å². The number of anilines is 2. The normalized spacial score (nSPS) is 12.4. The molecule has 7 aromatic carbocycles. The molecule has 0 unspecified atom stereocenters. The molecule has 224 valence electrons. The Balaban J connectivity index is 1.62. The first kappa shape index (κ1) is 28.1. The minimum Gasteiger partial charge on any atom is -0.493 e. The maximum atomic E-state index is 12.2. The number of carboxylic acid groups (broad SMARTS) is 2. The van der Waals surface area contributed by atoms with Crippen LogP contribution in [-0.2, 0) is 0 Å². The summed E-state index contributed by atoms with van der Waals surface area (Å²) in [5, 5.41) is 47.0. The number of rotatable bonds is 6. The fraction of sp³-hybridized carbons (Fsp3) is 0. The molecule has 0 fully saturated rings. The van der Waals surface area contributed by atoms with Crippen molar-refractivity contribution in [3.05, 3.63) is 119 Å². The van der Waals surface area contributed by atoms with Crippen LogP contribution in [0.5, 0.6) is 0 Å². The zero-order chi connectivity index (χ0) is 32.3. The molecule has 0 spiro atoms. The van der Waals surface area contributed by atoms with Gasteiger partial charge in [0.05, 0.1) is 22.5 Å². The highest BCUT2D eigenvalue weighted by molar-refractivity contribution is 6.38. The van der Waals surface area contributed by atoms with Gasteiger partial charge in [-0.3, -0.25) is 0 Å². The Morgan fingerprint density at radius 2 is 0.717 bits per heavy atom. The lowest BCUT2D eigenvalue weighted by Gasteiger charge is -2.19. The highest BCUT2D eigenvalue weighted by atomic mass is 16.4. The molecule has 0 radical (unpaired) electrons. The van der Waals surface area contributed by atoms with E-state index in [1.165, 1.54) is 12.1 Å². The van der Waals surface area contributed by atoms with Crippen LogP contribution in [0, 0.1) is 0 Å². The largest absolute Gasteiger partial charge is 0.493 e. The fourth-order valence-electron chi connectivity index (χ4n) is 6.08. The lowest BCUT2D eigenvalue weighted by Crippen LogP contribution is -2.08. The van der Waals surface area contributed by atoms with Crippen molar-refractivity contribution in [2.45, 2.75) is 0 Å². The zero-order valence-corrected chi connectivity index (χ0v) is 23.9. The monoisotopic (exact) mass is 608 g/mol. The molecule has 0 heterocycles. The van der Waals surface area contributed by atoms with Crippen molar-refractivity contribution in [2.24, 2.45) is 9.98 Å². The molecule has 0 atom stereocenters. The molecule has 0 bridgehead atoms. The Labute approximate surface area is 260 Å². The molecule has 0 aliphatic rings. The zero-order valence-electron chi connectivity index (χ0n) is 23.9. The highest BCUT2D eigenvalue weighted by Crippen LogP contribution is 2.44. The molecular weight excluding hydrogens is 584 g/mol. The van der Waals surface area contributed by atoms with Crippen LogP contribution >= 0.6 is 0 Å². The molecule has 0 aliphatic heterocycles. The summed E-state index contributed by atoms with van der Waals surface area (Å²) < 4.78 is 0. The Morgan fingerprint density at radius 3 is 1.04 bits per heavy atom. The number of hydrogen-bond donors (Lipinski definition) is 6. The van der Waals surface area contributed by atoms with Gasteiger partial charge < -0.3 is 31.9 Å². The number of aromatic carboxylic acids is 2. The number of carbonyl (C=O) groups is 2. The molecular formula is C36H24N4O6. The predicted molar refractivity (Wildman–Crippen MR) is 181 cm³/mol. The van der Waals surface area contributed by atoms with E-state index in [-0.39, 0.29) is 28.3 Å². The minimum absolute atomic E-state index is 0.113. The number of nitrogens with zero attached hydrogens (tertiary/aromatic N) is 2. The average Bonchev–Trinajstić information content (AvgIpc) is 3.04. The van der Waals surface area contributed by atoms with Crippen molar-refractivity contribution in [1.29, 1.82) is 0 Å². The SMILES string of the molecule is Nc1ccc(N=C(O)c2ccc3c4ccc(C(=O)O)c5c(C(=O)O)ccc(c6ccc(C(O)=Nc7ccc(N)cc7)c2c36)c54)cc1. The van der Waals surface area contributed by atoms with Gasteiger partial charge in [-0.1, -0.05) is 24.3 Å². The quantitative estimate of drug-likeness (QED) is 0.0366. The van der Waals surface area contributed by atoms with Crippen molar-refractivity contribution < 1.29 is 30.0 Å². The smallest absolute Gasteiger partial charge is 0.336 e. The fourth-order valence-corrected chi connectivity index (χ4v) is 6.08. The van der Waals surface area contributed by atoms with E-state index in [1.54, 1.807) is 84.9 Å². The Hall–Kier alpha value is -6.68. The second-order valence-corrected chi connectivity index (χ2v) is 10.8. The van der Waals surface area contributed by atoms with Gasteiger partial charge >= 0.3 is 11.9 Å². The standard InChI is InChI=1S/C36H24N4O6/c37-17-1-5-19(6-2-17)39-33(41)25-13-9-21-23-11-15-27(35(43)44)32-28(36(45)46)16-12-24(30(23)32)22-10-14-26(31(25)29(21)22)34(42)40-20-7-3-18(38)4-8-20/h1-16H,37-38H2,(H,39,41)(H,40,42)(H,43,44)(H,45,46). The number of hydrogen-bond acceptors (Lipinski definition) is 6. The third-order valence-electron chi connectivity index (χ3n) is 8.10. The van der Waals surface area contributed by atoms with Gasteiger partial charge in [-0.25, -0.2) is 19.6 Å². The summed E-state index contributed by atoms with van der Waals surface area (Å²) >= 11 is 0. The second-order valence-electron chi connectivity index (χ2n) is 10.8. The average molecular weight is 609 g/mol. The molecule has 0 amide bonds. The van der Waals surface area contributed by atoms with Gasteiger partial charge in [0.1, 0.15) is 0 Å². The van der Waals surface area contributed by atoms with Gasteiger partial charge in [-0.15, -0.1) is 0 Å². The summed E-state index contributed by atoms with van der Waals surface area (Å²) in [5.74, 6) is -3.15. The van der Waals surface area contributed by atoms with Gasteiger partial charge in [0.2, 0.25) is 11.8 Å². The number of carboxylic acids is 2. The minimum atomic E-state index is -1.25. The first-order valence-electron chi connectivity index (χ1n) is 14.1. The summed E-state index contributed by atoms with van der Waals surface area (Å²) in [6, 6.07) is 26.2. The van der Waals surface area contributed by atoms with Gasteiger partial charge in [0.25, 0.3) is 0 Å². The van der Waals surface area contributed by atoms with E-state index in [2.05, 4.69) is 9.98 Å². The molecule has 0 aromatic heterocycles. The van der Waals surface area contributed by atoms with Crippen molar-refractivity contribution in [1.82, 2.24) is 0 Å². The first-order chi connectivity index (χ1) is 22.1. The van der Waals surface area contributed by atoms with E-state index in [9.17, 15) is 30.0 Å². The number of aliphatic imine (C=N–C) groups is 2. The highest BCUT2D eigenvalue weighted by Gasteiger charge is 2.25. The van der Waals surface area contributed by atoms with Gasteiger partial charge in [-0.05, 0) is 105 Å². The van der Waals surface area contributed by atoms with E-state index in [0.717, 1.165) is 0 Å². The molecule has 8 N–H and O–H groups in total. The lowest BCUT2D eigenvalue weighted by molar-refractivity contribution is 0.0695. The predicted octanol–water partition coefficient (Wildman–Crippen LogP) is 7.57. The summed E-state index contributed by atoms with van der Waals surface area (Å²) in [6.07, 6.45) is 0. The second kappa shape index (κ2) is 10.5. The Bertz CT molecular complexity index is 2290. The molecule has 10 nitrogen and oxygen atoms in total. The number of aliphatic hydroxyl groups excluding tert-OH is 2. The molecule has 0 saturated heterocycles. The number of benzene rings is 7. The molecule has 7 rings (SSSR count). The van der Waals surface area contributed by atoms with Crippen molar-refractivity contribution >= 4 is 89.6 Å². The number of aliphatic hydroxyl groups is 2. The van der Waals surface area contributed by atoms with Crippen LogP contribution in [0.15, 0.2) is 107 Å². The Kier molecular flexibility index (Phi) is 6.41. The molecule has 0 aliphatic carbocycles. The van der Waals surface area contributed by atoms with Crippen LogP contribution in [0.4, 0.5) is 22.7 Å². The maximum Gasteiger partial charge on any atom is 0.336 e. The van der Waals surface area contributed by atoms with Gasteiger partial charge in [-0.2, -0.15) is 0 Å². The van der Waals surface area contributed by atoms with Crippen LogP contribution < -0.4 is 11.5 Å². The van der Waals surface area contributed by atoms with Crippen LogP contribution in [0.1, 0.15) is 31.8 Å². The maximum absolute atomic E-state index is 12.2. The van der Waals surface area contributed by atoms with E-state index >= 15 is 0 Å². The van der Waals surface area contributed by atoms with Crippen molar-refractivity contribution in [3.63, 3.8) is 0 Å². The van der Waals surface area contributed by atoms with Crippen LogP contribution in [-0.4, -0.2) is 44.2 Å². The van der Waals surface area contributed by atoms with Crippen LogP contribution in [0.3, 0.4) is 0 Å². The third-order valence-corrected chi connectivity index (χ3v) is 8.10. The third kappa shape index (κ3) is 4.44. The summed E-state index contributed by atoms with van der Waals surface area (Å²) in [7, 11) is 0. The molecule has 0 saturated carbocycles. The summed E-state index contributed by atoms with van der Waals surface area (Å²) in [5.41, 5.74) is 14.0. The molecule has 46 heavy (non-hydrogen) atoms. The van der Waals surface area contributed by atoms with E-state index in [1.807, 2.05) is 0 Å².